The lowest BCUT2D eigenvalue weighted by molar-refractivity contribution is -0.386. The number of carbonyl (C=O) groups is 4. The third-order valence-electron chi connectivity index (χ3n) is 6.38. The van der Waals surface area contributed by atoms with Gasteiger partial charge in [-0.05, 0) is 51.0 Å². The summed E-state index contributed by atoms with van der Waals surface area (Å²) in [5, 5.41) is 22.7. The Hall–Kier alpha value is -5.80. The maximum absolute atomic E-state index is 12.0. The van der Waals surface area contributed by atoms with Crippen LogP contribution in [0.2, 0.25) is 0 Å². The number of hydrogen-bond acceptors (Lipinski definition) is 14. The number of benzene rings is 2. The molecule has 0 N–H and O–H groups in total. The number of nitro benzene ring substituents is 2. The second-order valence-electron chi connectivity index (χ2n) is 9.87. The molecule has 0 amide bonds. The number of esters is 4. The van der Waals surface area contributed by atoms with Crippen molar-refractivity contribution in [3.05, 3.63) is 93.1 Å². The number of hydrogen-bond donors (Lipinski definition) is 0. The van der Waals surface area contributed by atoms with Crippen LogP contribution in [-0.4, -0.2) is 60.2 Å². The van der Waals surface area contributed by atoms with Crippen molar-refractivity contribution in [2.24, 2.45) is 0 Å². The van der Waals surface area contributed by atoms with E-state index in [4.69, 9.17) is 28.4 Å². The van der Waals surface area contributed by atoms with Crippen LogP contribution >= 0.6 is 0 Å². The highest BCUT2D eigenvalue weighted by Crippen LogP contribution is 2.32. The summed E-state index contributed by atoms with van der Waals surface area (Å²) in [6, 6.07) is 8.01. The van der Waals surface area contributed by atoms with Crippen LogP contribution in [-0.2, 0) is 38.1 Å². The van der Waals surface area contributed by atoms with Gasteiger partial charge in [0, 0.05) is 37.1 Å². The molecule has 0 fully saturated rings. The van der Waals surface area contributed by atoms with Gasteiger partial charge in [-0.1, -0.05) is 13.2 Å². The van der Waals surface area contributed by atoms with Crippen LogP contribution in [0.4, 0.5) is 11.4 Å². The second-order valence-corrected chi connectivity index (χ2v) is 9.87. The number of carbonyl (C=O) groups excluding carboxylic acids is 4. The Labute approximate surface area is 275 Å². The molecule has 0 aromatic heterocycles. The second kappa shape index (κ2) is 19.7. The van der Waals surface area contributed by atoms with Crippen LogP contribution in [0.15, 0.2) is 61.7 Å². The number of nitro groups is 2. The first-order chi connectivity index (χ1) is 22.9. The average Bonchev–Trinajstić information content (AvgIpc) is 3.06. The van der Waals surface area contributed by atoms with E-state index in [-0.39, 0.29) is 86.1 Å². The van der Waals surface area contributed by atoms with Crippen LogP contribution < -0.4 is 9.47 Å². The first kappa shape index (κ1) is 38.4. The summed E-state index contributed by atoms with van der Waals surface area (Å²) in [4.78, 5) is 68.5. The van der Waals surface area contributed by atoms with E-state index in [1.807, 2.05) is 0 Å². The van der Waals surface area contributed by atoms with E-state index in [9.17, 15) is 39.4 Å². The van der Waals surface area contributed by atoms with Gasteiger partial charge in [0.1, 0.15) is 36.9 Å². The molecular weight excluding hydrogens is 636 g/mol. The van der Waals surface area contributed by atoms with E-state index < -0.39 is 45.9 Å². The monoisotopic (exact) mass is 672 g/mol. The summed E-state index contributed by atoms with van der Waals surface area (Å²) in [5.74, 6) is -2.01. The van der Waals surface area contributed by atoms with Crippen molar-refractivity contribution in [1.29, 1.82) is 0 Å². The molecule has 0 bridgehead atoms. The molecule has 2 aromatic carbocycles. The van der Waals surface area contributed by atoms with E-state index in [0.717, 1.165) is 12.2 Å². The third kappa shape index (κ3) is 12.9. The molecule has 2 atom stereocenters. The van der Waals surface area contributed by atoms with Crippen LogP contribution in [0.5, 0.6) is 11.5 Å². The Morgan fingerprint density at radius 2 is 1.06 bits per heavy atom. The van der Waals surface area contributed by atoms with Crippen molar-refractivity contribution >= 4 is 35.3 Å². The normalized spacial score (nSPS) is 11.6. The largest absolute Gasteiger partial charge is 0.494 e. The van der Waals surface area contributed by atoms with E-state index in [1.165, 1.54) is 50.2 Å². The Morgan fingerprint density at radius 3 is 1.40 bits per heavy atom. The molecule has 0 saturated carbocycles. The summed E-state index contributed by atoms with van der Waals surface area (Å²) in [6.07, 6.45) is 0.559. The number of ether oxygens (including phenoxy) is 6. The Kier molecular flexibility index (Phi) is 15.7. The summed E-state index contributed by atoms with van der Waals surface area (Å²) in [5.41, 5.74) is -0.233. The molecule has 2 unspecified atom stereocenters. The first-order valence-corrected chi connectivity index (χ1v) is 14.7. The fourth-order valence-corrected chi connectivity index (χ4v) is 4.07. The van der Waals surface area contributed by atoms with Gasteiger partial charge in [0.15, 0.2) is 0 Å². The lowest BCUT2D eigenvalue weighted by Crippen LogP contribution is -2.15. The minimum absolute atomic E-state index is 0.00169. The predicted molar refractivity (Wildman–Crippen MR) is 167 cm³/mol. The van der Waals surface area contributed by atoms with E-state index in [1.54, 1.807) is 0 Å². The van der Waals surface area contributed by atoms with Crippen LogP contribution in [0, 0.1) is 20.2 Å². The quantitative estimate of drug-likeness (QED) is 0.0417. The standard InChI is InChI=1S/C32H36N2O14/c1-5-29(35)47-21(3)25-19-23(11-13-27(25)33(39)40)43-15-7-9-31(37)45-17-18-46-32(38)10-8-16-44-24-12-14-28(34(41)42)26(20-24)22(4)48-30(36)6-2/h5-6,11-14,19-22H,1-2,7-10,15-18H2,3-4H3. The molecule has 0 aliphatic rings. The summed E-state index contributed by atoms with van der Waals surface area (Å²) in [6.45, 7) is 9.41. The molecule has 0 spiro atoms. The Bertz CT molecular complexity index is 1390. The summed E-state index contributed by atoms with van der Waals surface area (Å²) >= 11 is 0. The van der Waals surface area contributed by atoms with E-state index in [2.05, 4.69) is 13.2 Å². The van der Waals surface area contributed by atoms with Gasteiger partial charge in [0.25, 0.3) is 11.4 Å². The van der Waals surface area contributed by atoms with Gasteiger partial charge in [0.2, 0.25) is 0 Å². The van der Waals surface area contributed by atoms with Crippen LogP contribution in [0.1, 0.15) is 62.9 Å². The van der Waals surface area contributed by atoms with Gasteiger partial charge in [0.05, 0.1) is 34.2 Å². The number of rotatable bonds is 21. The minimum atomic E-state index is -0.930. The van der Waals surface area contributed by atoms with Gasteiger partial charge >= 0.3 is 23.9 Å². The molecule has 0 aliphatic carbocycles. The van der Waals surface area contributed by atoms with Crippen molar-refractivity contribution in [3.8, 4) is 11.5 Å². The molecule has 0 heterocycles. The molecule has 0 aliphatic heterocycles. The zero-order chi connectivity index (χ0) is 35.6. The van der Waals surface area contributed by atoms with E-state index in [0.29, 0.717) is 0 Å². The lowest BCUT2D eigenvalue weighted by Gasteiger charge is -2.14. The van der Waals surface area contributed by atoms with Gasteiger partial charge in [-0.25, -0.2) is 9.59 Å². The van der Waals surface area contributed by atoms with E-state index >= 15 is 0 Å². The molecular formula is C32H36N2O14. The lowest BCUT2D eigenvalue weighted by atomic mass is 10.1. The smallest absolute Gasteiger partial charge is 0.330 e. The molecule has 0 radical (unpaired) electrons. The highest BCUT2D eigenvalue weighted by molar-refractivity contribution is 5.82. The van der Waals surface area contributed by atoms with Gasteiger partial charge in [-0.3, -0.25) is 29.8 Å². The molecule has 2 rings (SSSR count). The van der Waals surface area contributed by atoms with Crippen LogP contribution in [0.25, 0.3) is 0 Å². The molecule has 16 nitrogen and oxygen atoms in total. The summed E-state index contributed by atoms with van der Waals surface area (Å²) < 4.78 is 31.4. The first-order valence-electron chi connectivity index (χ1n) is 14.7. The molecule has 2 aromatic rings. The van der Waals surface area contributed by atoms with Crippen molar-refractivity contribution in [3.63, 3.8) is 0 Å². The highest BCUT2D eigenvalue weighted by Gasteiger charge is 2.24. The highest BCUT2D eigenvalue weighted by atomic mass is 16.6. The molecule has 48 heavy (non-hydrogen) atoms. The zero-order valence-corrected chi connectivity index (χ0v) is 26.5. The van der Waals surface area contributed by atoms with Gasteiger partial charge in [-0.15, -0.1) is 0 Å². The molecule has 258 valence electrons. The maximum atomic E-state index is 12.0. The van der Waals surface area contributed by atoms with Crippen molar-refractivity contribution in [1.82, 2.24) is 0 Å². The minimum Gasteiger partial charge on any atom is -0.494 e. The zero-order valence-electron chi connectivity index (χ0n) is 26.5. The topological polar surface area (TPSA) is 210 Å². The SMILES string of the molecule is C=CC(=O)OC(C)c1cc(OCCCC(=O)OCCOC(=O)CCCOc2ccc([N+](=O)[O-])c(C(C)OC(=O)C=C)c2)ccc1[N+](=O)[O-]. The van der Waals surface area contributed by atoms with Gasteiger partial charge in [-0.2, -0.15) is 0 Å². The maximum Gasteiger partial charge on any atom is 0.330 e. The summed E-state index contributed by atoms with van der Waals surface area (Å²) in [7, 11) is 0. The van der Waals surface area contributed by atoms with Crippen molar-refractivity contribution in [2.45, 2.75) is 51.7 Å². The number of nitrogens with zero attached hydrogens (tertiary/aromatic N) is 2. The Morgan fingerprint density at radius 1 is 0.688 bits per heavy atom. The third-order valence-corrected chi connectivity index (χ3v) is 6.38. The van der Waals surface area contributed by atoms with Crippen LogP contribution in [0.3, 0.4) is 0 Å². The predicted octanol–water partition coefficient (Wildman–Crippen LogP) is 5.19. The Balaban J connectivity index is 1.67. The average molecular weight is 673 g/mol. The van der Waals surface area contributed by atoms with Gasteiger partial charge < -0.3 is 28.4 Å². The fraction of sp³-hybridized carbons (Fsp3) is 0.375. The fourth-order valence-electron chi connectivity index (χ4n) is 4.07. The molecule has 16 heteroatoms. The molecule has 0 saturated heterocycles. The van der Waals surface area contributed by atoms with Crippen molar-refractivity contribution < 1.29 is 57.4 Å². The van der Waals surface area contributed by atoms with Crippen molar-refractivity contribution in [2.75, 3.05) is 26.4 Å².